The van der Waals surface area contributed by atoms with Gasteiger partial charge in [-0.1, -0.05) is 0 Å². The molecule has 2 aliphatic rings. The lowest BCUT2D eigenvalue weighted by Crippen LogP contribution is -2.34. The van der Waals surface area contributed by atoms with Crippen molar-refractivity contribution in [3.05, 3.63) is 0 Å². The van der Waals surface area contributed by atoms with E-state index in [1.54, 1.807) is 0 Å². The Bertz CT molecular complexity index is 198. The van der Waals surface area contributed by atoms with E-state index in [0.29, 0.717) is 6.10 Å². The first kappa shape index (κ1) is 13.3. The van der Waals surface area contributed by atoms with Crippen LogP contribution in [0.1, 0.15) is 44.9 Å². The standard InChI is InChI=1S/C14H28N2O/c1-16(12-14-8-2-3-11-17-14)10-5-7-13-6-4-9-15-13/h13-15H,2-12H2,1H3. The molecule has 3 heteroatoms. The third-order valence-electron chi connectivity index (χ3n) is 4.04. The summed E-state index contributed by atoms with van der Waals surface area (Å²) in [6, 6.07) is 0.800. The third-order valence-corrected chi connectivity index (χ3v) is 4.04. The molecular weight excluding hydrogens is 212 g/mol. The summed E-state index contributed by atoms with van der Waals surface area (Å²) in [6.45, 7) is 4.55. The van der Waals surface area contributed by atoms with Gasteiger partial charge in [0.1, 0.15) is 0 Å². The van der Waals surface area contributed by atoms with Crippen molar-refractivity contribution in [3.8, 4) is 0 Å². The van der Waals surface area contributed by atoms with E-state index < -0.39 is 0 Å². The van der Waals surface area contributed by atoms with Crippen LogP contribution in [0.5, 0.6) is 0 Å². The summed E-state index contributed by atoms with van der Waals surface area (Å²) in [7, 11) is 2.24. The summed E-state index contributed by atoms with van der Waals surface area (Å²) in [5.74, 6) is 0. The molecule has 0 bridgehead atoms. The normalized spacial score (nSPS) is 30.0. The lowest BCUT2D eigenvalue weighted by atomic mass is 10.1. The van der Waals surface area contributed by atoms with Crippen LogP contribution in [-0.4, -0.2) is 50.3 Å². The first-order chi connectivity index (χ1) is 8.34. The Morgan fingerprint density at radius 3 is 2.88 bits per heavy atom. The van der Waals surface area contributed by atoms with Crippen molar-refractivity contribution in [2.75, 3.05) is 33.3 Å². The minimum absolute atomic E-state index is 0.498. The molecule has 0 aromatic heterocycles. The number of nitrogens with zero attached hydrogens (tertiary/aromatic N) is 1. The molecule has 2 unspecified atom stereocenters. The van der Waals surface area contributed by atoms with Gasteiger partial charge in [-0.15, -0.1) is 0 Å². The van der Waals surface area contributed by atoms with Crippen molar-refractivity contribution >= 4 is 0 Å². The first-order valence-electron chi connectivity index (χ1n) is 7.38. The van der Waals surface area contributed by atoms with Crippen LogP contribution in [-0.2, 0) is 4.74 Å². The predicted octanol–water partition coefficient (Wildman–Crippen LogP) is 2.02. The van der Waals surface area contributed by atoms with Crippen LogP contribution in [0.4, 0.5) is 0 Å². The Morgan fingerprint density at radius 2 is 2.18 bits per heavy atom. The molecule has 0 amide bonds. The van der Waals surface area contributed by atoms with Crippen molar-refractivity contribution in [1.29, 1.82) is 0 Å². The molecule has 2 rings (SSSR count). The van der Waals surface area contributed by atoms with Gasteiger partial charge in [0.05, 0.1) is 6.10 Å². The van der Waals surface area contributed by atoms with E-state index in [1.165, 1.54) is 58.0 Å². The van der Waals surface area contributed by atoms with Gasteiger partial charge in [0.15, 0.2) is 0 Å². The molecule has 0 aromatic rings. The van der Waals surface area contributed by atoms with E-state index in [4.69, 9.17) is 4.74 Å². The van der Waals surface area contributed by atoms with Crippen LogP contribution in [0.25, 0.3) is 0 Å². The van der Waals surface area contributed by atoms with Gasteiger partial charge in [-0.05, 0) is 65.1 Å². The van der Waals surface area contributed by atoms with Gasteiger partial charge < -0.3 is 15.0 Å². The van der Waals surface area contributed by atoms with Crippen molar-refractivity contribution in [2.45, 2.75) is 57.1 Å². The maximum Gasteiger partial charge on any atom is 0.0701 e. The highest BCUT2D eigenvalue weighted by Gasteiger charge is 2.17. The second kappa shape index (κ2) is 7.34. The van der Waals surface area contributed by atoms with E-state index >= 15 is 0 Å². The summed E-state index contributed by atoms with van der Waals surface area (Å²) in [5.41, 5.74) is 0. The van der Waals surface area contributed by atoms with E-state index in [0.717, 1.165) is 19.2 Å². The third kappa shape index (κ3) is 4.94. The molecule has 2 atom stereocenters. The fraction of sp³-hybridized carbons (Fsp3) is 1.00. The average Bonchev–Trinajstić information content (AvgIpc) is 2.83. The van der Waals surface area contributed by atoms with Crippen LogP contribution in [0.3, 0.4) is 0 Å². The highest BCUT2D eigenvalue weighted by molar-refractivity contribution is 4.74. The van der Waals surface area contributed by atoms with Gasteiger partial charge in [0.2, 0.25) is 0 Å². The van der Waals surface area contributed by atoms with Crippen molar-refractivity contribution in [1.82, 2.24) is 10.2 Å². The molecule has 2 aliphatic heterocycles. The van der Waals surface area contributed by atoms with Crippen molar-refractivity contribution in [3.63, 3.8) is 0 Å². The molecule has 0 saturated carbocycles. The van der Waals surface area contributed by atoms with Crippen LogP contribution in [0.2, 0.25) is 0 Å². The van der Waals surface area contributed by atoms with Gasteiger partial charge in [-0.25, -0.2) is 0 Å². The van der Waals surface area contributed by atoms with Gasteiger partial charge in [0, 0.05) is 19.2 Å². The number of hydrogen-bond donors (Lipinski definition) is 1. The second-order valence-corrected chi connectivity index (χ2v) is 5.69. The second-order valence-electron chi connectivity index (χ2n) is 5.69. The molecule has 0 radical (unpaired) electrons. The zero-order valence-electron chi connectivity index (χ0n) is 11.3. The molecule has 0 spiro atoms. The number of ether oxygens (including phenoxy) is 1. The summed E-state index contributed by atoms with van der Waals surface area (Å²) < 4.78 is 5.77. The Labute approximate surface area is 106 Å². The molecule has 0 aliphatic carbocycles. The fourth-order valence-corrected chi connectivity index (χ4v) is 3.00. The topological polar surface area (TPSA) is 24.5 Å². The number of rotatable bonds is 6. The molecule has 100 valence electrons. The molecule has 0 aromatic carbocycles. The van der Waals surface area contributed by atoms with E-state index in [1.807, 2.05) is 0 Å². The first-order valence-corrected chi connectivity index (χ1v) is 7.38. The van der Waals surface area contributed by atoms with Gasteiger partial charge >= 0.3 is 0 Å². The Hall–Kier alpha value is -0.120. The maximum absolute atomic E-state index is 5.77. The zero-order valence-corrected chi connectivity index (χ0v) is 11.3. The predicted molar refractivity (Wildman–Crippen MR) is 71.3 cm³/mol. The highest BCUT2D eigenvalue weighted by Crippen LogP contribution is 2.14. The Morgan fingerprint density at radius 1 is 1.24 bits per heavy atom. The Balaban J connectivity index is 1.52. The molecular formula is C14H28N2O. The number of hydrogen-bond acceptors (Lipinski definition) is 3. The fourth-order valence-electron chi connectivity index (χ4n) is 3.00. The minimum atomic E-state index is 0.498. The molecule has 1 N–H and O–H groups in total. The Kier molecular flexibility index (Phi) is 5.75. The molecule has 2 saturated heterocycles. The molecule has 17 heavy (non-hydrogen) atoms. The monoisotopic (exact) mass is 240 g/mol. The summed E-state index contributed by atoms with van der Waals surface area (Å²) in [5, 5.41) is 3.57. The maximum atomic E-state index is 5.77. The van der Waals surface area contributed by atoms with Gasteiger partial charge in [-0.2, -0.15) is 0 Å². The van der Waals surface area contributed by atoms with Crippen LogP contribution in [0.15, 0.2) is 0 Å². The van der Waals surface area contributed by atoms with Gasteiger partial charge in [-0.3, -0.25) is 0 Å². The molecule has 2 heterocycles. The SMILES string of the molecule is CN(CCCC1CCCN1)CC1CCCCO1. The van der Waals surface area contributed by atoms with Crippen LogP contribution < -0.4 is 5.32 Å². The quantitative estimate of drug-likeness (QED) is 0.769. The van der Waals surface area contributed by atoms with Gasteiger partial charge in [0.25, 0.3) is 0 Å². The minimum Gasteiger partial charge on any atom is -0.377 e. The van der Waals surface area contributed by atoms with Crippen molar-refractivity contribution in [2.24, 2.45) is 0 Å². The van der Waals surface area contributed by atoms with E-state index in [9.17, 15) is 0 Å². The zero-order chi connectivity index (χ0) is 11.9. The van der Waals surface area contributed by atoms with Crippen LogP contribution in [0, 0.1) is 0 Å². The largest absolute Gasteiger partial charge is 0.377 e. The summed E-state index contributed by atoms with van der Waals surface area (Å²) >= 11 is 0. The summed E-state index contributed by atoms with van der Waals surface area (Å²) in [6.07, 6.45) is 9.79. The average molecular weight is 240 g/mol. The lowest BCUT2D eigenvalue weighted by molar-refractivity contribution is -0.00165. The number of likely N-dealkylation sites (N-methyl/N-ethyl adjacent to an activating group) is 1. The lowest BCUT2D eigenvalue weighted by Gasteiger charge is -2.27. The van der Waals surface area contributed by atoms with E-state index in [2.05, 4.69) is 17.3 Å². The highest BCUT2D eigenvalue weighted by atomic mass is 16.5. The van der Waals surface area contributed by atoms with Crippen molar-refractivity contribution < 1.29 is 4.74 Å². The summed E-state index contributed by atoms with van der Waals surface area (Å²) in [4.78, 5) is 2.45. The molecule has 2 fully saturated rings. The number of nitrogens with one attached hydrogen (secondary N) is 1. The smallest absolute Gasteiger partial charge is 0.0701 e. The van der Waals surface area contributed by atoms with Crippen LogP contribution >= 0.6 is 0 Å². The molecule has 3 nitrogen and oxygen atoms in total. The van der Waals surface area contributed by atoms with E-state index in [-0.39, 0.29) is 0 Å².